The molecule has 0 fully saturated rings. The molecule has 1 aromatic carbocycles. The summed E-state index contributed by atoms with van der Waals surface area (Å²) in [4.78, 5) is 33.4. The number of carbonyl (C=O) groups is 3. The first-order chi connectivity index (χ1) is 8.52. The van der Waals surface area contributed by atoms with Crippen LogP contribution in [0.15, 0.2) is 29.2 Å². The number of methoxy groups -OCH3 is 1. The summed E-state index contributed by atoms with van der Waals surface area (Å²) in [6, 6.07) is 6.19. The Morgan fingerprint density at radius 3 is 2.72 bits per heavy atom. The number of nitrogens with one attached hydrogen (secondary N) is 1. The van der Waals surface area contributed by atoms with E-state index < -0.39 is 18.0 Å². The molecule has 96 valence electrons. The molecular weight excluding hydrogens is 258 g/mol. The van der Waals surface area contributed by atoms with Gasteiger partial charge in [0.05, 0.1) is 18.4 Å². The summed E-state index contributed by atoms with van der Waals surface area (Å²) in [5.41, 5.74) is 0.147. The van der Waals surface area contributed by atoms with Crippen molar-refractivity contribution in [2.75, 3.05) is 12.9 Å². The Labute approximate surface area is 107 Å². The summed E-state index contributed by atoms with van der Waals surface area (Å²) in [6.07, 6.45) is -0.820. The molecule has 0 heterocycles. The number of hydrogen-bond acceptors (Lipinski definition) is 5. The number of benzene rings is 1. The van der Waals surface area contributed by atoms with Crippen LogP contribution in [-0.4, -0.2) is 35.9 Å². The molecule has 6 nitrogen and oxygen atoms in total. The first-order valence-corrected chi connectivity index (χ1v) is 5.85. The molecule has 0 atom stereocenters. The molecule has 2 N–H and O–H groups in total. The maximum absolute atomic E-state index is 11.3. The molecular formula is C11H11NO5S. The number of alkyl carbamates (subject to hydrolysis) is 1. The lowest BCUT2D eigenvalue weighted by molar-refractivity contribution is -0.117. The summed E-state index contributed by atoms with van der Waals surface area (Å²) in [7, 11) is 1.16. The first-order valence-electron chi connectivity index (χ1n) is 4.87. The Balaban J connectivity index is 2.53. The fraction of sp³-hybridized carbons (Fsp3) is 0.182. The lowest BCUT2D eigenvalue weighted by Gasteiger charge is -2.03. The summed E-state index contributed by atoms with van der Waals surface area (Å²) >= 11 is 1.13. The van der Waals surface area contributed by atoms with E-state index in [1.165, 1.54) is 12.1 Å². The molecule has 0 bridgehead atoms. The fourth-order valence-corrected chi connectivity index (χ4v) is 1.82. The van der Waals surface area contributed by atoms with Crippen LogP contribution < -0.4 is 5.32 Å². The standard InChI is InChI=1S/C11H11NO5S/c1-17-11(16)12-9(13)6-18-8-4-2-3-7(5-8)10(14)15/h2-5H,6H2,1H3,(H,14,15)(H,12,13,16). The molecule has 0 saturated heterocycles. The molecule has 1 rings (SSSR count). The van der Waals surface area contributed by atoms with Crippen molar-refractivity contribution in [3.63, 3.8) is 0 Å². The number of carbonyl (C=O) groups excluding carboxylic acids is 2. The zero-order valence-corrected chi connectivity index (χ0v) is 10.3. The van der Waals surface area contributed by atoms with E-state index in [1.54, 1.807) is 12.1 Å². The molecule has 0 saturated carbocycles. The summed E-state index contributed by atoms with van der Waals surface area (Å²) in [6.45, 7) is 0. The van der Waals surface area contributed by atoms with E-state index in [0.29, 0.717) is 4.90 Å². The minimum atomic E-state index is -1.03. The molecule has 0 aliphatic rings. The van der Waals surface area contributed by atoms with Crippen molar-refractivity contribution in [2.24, 2.45) is 0 Å². The highest BCUT2D eigenvalue weighted by atomic mass is 32.2. The number of rotatable bonds is 4. The maximum atomic E-state index is 11.3. The lowest BCUT2D eigenvalue weighted by atomic mass is 10.2. The highest BCUT2D eigenvalue weighted by molar-refractivity contribution is 8.00. The highest BCUT2D eigenvalue weighted by Gasteiger charge is 2.09. The normalized spacial score (nSPS) is 9.61. The minimum Gasteiger partial charge on any atom is -0.478 e. The van der Waals surface area contributed by atoms with E-state index in [2.05, 4.69) is 4.74 Å². The third-order valence-corrected chi connectivity index (χ3v) is 2.87. The van der Waals surface area contributed by atoms with Crippen LogP contribution in [0.5, 0.6) is 0 Å². The van der Waals surface area contributed by atoms with Gasteiger partial charge in [-0.25, -0.2) is 9.59 Å². The number of hydrogen-bond donors (Lipinski definition) is 2. The largest absolute Gasteiger partial charge is 0.478 e. The second kappa shape index (κ2) is 6.65. The van der Waals surface area contributed by atoms with Crippen molar-refractivity contribution in [3.05, 3.63) is 29.8 Å². The van der Waals surface area contributed by atoms with Gasteiger partial charge in [-0.05, 0) is 18.2 Å². The fourth-order valence-electron chi connectivity index (χ4n) is 1.07. The van der Waals surface area contributed by atoms with Crippen molar-refractivity contribution in [3.8, 4) is 0 Å². The van der Waals surface area contributed by atoms with E-state index in [9.17, 15) is 14.4 Å². The first kappa shape index (κ1) is 14.0. The highest BCUT2D eigenvalue weighted by Crippen LogP contribution is 2.18. The third-order valence-electron chi connectivity index (χ3n) is 1.88. The van der Waals surface area contributed by atoms with Gasteiger partial charge >= 0.3 is 12.1 Å². The van der Waals surface area contributed by atoms with Crippen LogP contribution in [0.3, 0.4) is 0 Å². The van der Waals surface area contributed by atoms with Crippen LogP contribution in [-0.2, 0) is 9.53 Å². The van der Waals surface area contributed by atoms with Crippen LogP contribution in [0.25, 0.3) is 0 Å². The second-order valence-electron chi connectivity index (χ2n) is 3.16. The van der Waals surface area contributed by atoms with E-state index in [0.717, 1.165) is 18.9 Å². The van der Waals surface area contributed by atoms with Gasteiger partial charge in [0.25, 0.3) is 0 Å². The monoisotopic (exact) mass is 269 g/mol. The van der Waals surface area contributed by atoms with Crippen LogP contribution in [0.1, 0.15) is 10.4 Å². The van der Waals surface area contributed by atoms with Gasteiger partial charge in [0.1, 0.15) is 0 Å². The molecule has 0 aromatic heterocycles. The van der Waals surface area contributed by atoms with Crippen molar-refractivity contribution in [1.29, 1.82) is 0 Å². The number of imide groups is 1. The number of amides is 2. The van der Waals surface area contributed by atoms with Gasteiger partial charge in [-0.3, -0.25) is 10.1 Å². The number of carboxylic acids is 1. The second-order valence-corrected chi connectivity index (χ2v) is 4.21. The molecule has 0 unspecified atom stereocenters. The van der Waals surface area contributed by atoms with Gasteiger partial charge in [0, 0.05) is 4.90 Å². The Kier molecular flexibility index (Phi) is 5.19. The Morgan fingerprint density at radius 1 is 1.39 bits per heavy atom. The van der Waals surface area contributed by atoms with Crippen LogP contribution in [0.2, 0.25) is 0 Å². The van der Waals surface area contributed by atoms with Crippen molar-refractivity contribution in [1.82, 2.24) is 5.32 Å². The van der Waals surface area contributed by atoms with E-state index >= 15 is 0 Å². The quantitative estimate of drug-likeness (QED) is 0.802. The SMILES string of the molecule is COC(=O)NC(=O)CSc1cccc(C(=O)O)c1. The van der Waals surface area contributed by atoms with E-state index in [-0.39, 0.29) is 11.3 Å². The van der Waals surface area contributed by atoms with Gasteiger partial charge < -0.3 is 9.84 Å². The van der Waals surface area contributed by atoms with E-state index in [1.807, 2.05) is 5.32 Å². The zero-order valence-electron chi connectivity index (χ0n) is 9.50. The number of thioether (sulfide) groups is 1. The van der Waals surface area contributed by atoms with Gasteiger partial charge in [-0.2, -0.15) is 0 Å². The van der Waals surface area contributed by atoms with Gasteiger partial charge in [0.2, 0.25) is 5.91 Å². The average Bonchev–Trinajstić information content (AvgIpc) is 2.36. The minimum absolute atomic E-state index is 0.00181. The molecule has 0 aliphatic carbocycles. The molecule has 0 aliphatic heterocycles. The zero-order chi connectivity index (χ0) is 13.5. The Bertz CT molecular complexity index is 474. The molecule has 0 spiro atoms. The smallest absolute Gasteiger partial charge is 0.413 e. The third kappa shape index (κ3) is 4.46. The Morgan fingerprint density at radius 2 is 2.11 bits per heavy atom. The summed E-state index contributed by atoms with van der Waals surface area (Å²) < 4.78 is 4.27. The van der Waals surface area contributed by atoms with Crippen LogP contribution >= 0.6 is 11.8 Å². The molecule has 7 heteroatoms. The number of aromatic carboxylic acids is 1. The predicted molar refractivity (Wildman–Crippen MR) is 64.7 cm³/mol. The summed E-state index contributed by atoms with van der Waals surface area (Å²) in [5, 5.41) is 10.8. The number of carboxylic acid groups (broad SMARTS) is 1. The Hall–Kier alpha value is -2.02. The van der Waals surface area contributed by atoms with Crippen LogP contribution in [0.4, 0.5) is 4.79 Å². The summed E-state index contributed by atoms with van der Waals surface area (Å²) in [5.74, 6) is -1.54. The average molecular weight is 269 g/mol. The maximum Gasteiger partial charge on any atom is 0.413 e. The molecule has 1 aromatic rings. The lowest BCUT2D eigenvalue weighted by Crippen LogP contribution is -2.31. The molecule has 18 heavy (non-hydrogen) atoms. The van der Waals surface area contributed by atoms with Crippen molar-refractivity contribution < 1.29 is 24.2 Å². The van der Waals surface area contributed by atoms with Crippen molar-refractivity contribution in [2.45, 2.75) is 4.90 Å². The molecule has 0 radical (unpaired) electrons. The predicted octanol–water partition coefficient (Wildman–Crippen LogP) is 1.36. The van der Waals surface area contributed by atoms with Gasteiger partial charge in [0.15, 0.2) is 0 Å². The topological polar surface area (TPSA) is 92.7 Å². The van der Waals surface area contributed by atoms with Gasteiger partial charge in [-0.15, -0.1) is 11.8 Å². The molecule has 2 amide bonds. The van der Waals surface area contributed by atoms with E-state index in [4.69, 9.17) is 5.11 Å². The van der Waals surface area contributed by atoms with Gasteiger partial charge in [-0.1, -0.05) is 6.07 Å². The van der Waals surface area contributed by atoms with Crippen molar-refractivity contribution >= 4 is 29.7 Å². The van der Waals surface area contributed by atoms with Crippen LogP contribution in [0, 0.1) is 0 Å². The number of ether oxygens (including phenoxy) is 1.